The molecule has 1 N–H and O–H groups in total. The van der Waals surface area contributed by atoms with Crippen molar-refractivity contribution in [1.82, 2.24) is 0 Å². The fourth-order valence-electron chi connectivity index (χ4n) is 2.56. The van der Waals surface area contributed by atoms with Crippen molar-refractivity contribution in [3.05, 3.63) is 29.3 Å². The first-order chi connectivity index (χ1) is 9.20. The predicted octanol–water partition coefficient (Wildman–Crippen LogP) is 3.43. The second kappa shape index (κ2) is 6.71. The Bertz CT molecular complexity index is 436. The lowest BCUT2D eigenvalue weighted by Gasteiger charge is -2.14. The summed E-state index contributed by atoms with van der Waals surface area (Å²) in [5.74, 6) is 0.147. The Kier molecular flexibility index (Phi) is 4.97. The van der Waals surface area contributed by atoms with E-state index in [1.54, 1.807) is 6.92 Å². The molecule has 104 valence electrons. The number of nitrogens with one attached hydrogen (secondary N) is 1. The maximum absolute atomic E-state index is 11.6. The maximum atomic E-state index is 11.6. The molecular formula is C16H23NO2. The average Bonchev–Trinajstić information content (AvgIpc) is 2.90. The Morgan fingerprint density at radius 2 is 2.32 bits per heavy atom. The van der Waals surface area contributed by atoms with Crippen LogP contribution in [0.25, 0.3) is 0 Å². The second-order valence-electron chi connectivity index (χ2n) is 5.19. The molecule has 0 bridgehead atoms. The summed E-state index contributed by atoms with van der Waals surface area (Å²) in [5, 5.41) is 3.42. The molecule has 1 aromatic rings. The van der Waals surface area contributed by atoms with E-state index >= 15 is 0 Å². The summed E-state index contributed by atoms with van der Waals surface area (Å²) in [5.41, 5.74) is 3.08. The van der Waals surface area contributed by atoms with E-state index < -0.39 is 0 Å². The molecule has 1 aliphatic rings. The van der Waals surface area contributed by atoms with Gasteiger partial charge in [-0.25, -0.2) is 0 Å². The van der Waals surface area contributed by atoms with Crippen LogP contribution in [0, 0.1) is 0 Å². The van der Waals surface area contributed by atoms with Crippen LogP contribution in [0.1, 0.15) is 49.0 Å². The molecule has 1 aromatic carbocycles. The maximum Gasteiger partial charge on any atom is 0.160 e. The highest BCUT2D eigenvalue weighted by molar-refractivity contribution is 5.96. The van der Waals surface area contributed by atoms with E-state index in [9.17, 15) is 4.79 Å². The largest absolute Gasteiger partial charge is 0.382 e. The molecule has 1 heterocycles. The number of aryl methyl sites for hydroxylation is 1. The summed E-state index contributed by atoms with van der Waals surface area (Å²) in [7, 11) is 0. The standard InChI is InChI=1S/C16H23NO2/c1-3-5-13-10-14(7-8-16(13)12(2)18)17-11-15-6-4-9-19-15/h7-8,10,15,17H,3-6,9,11H2,1-2H3. The van der Waals surface area contributed by atoms with E-state index in [2.05, 4.69) is 18.3 Å². The van der Waals surface area contributed by atoms with Gasteiger partial charge >= 0.3 is 0 Å². The van der Waals surface area contributed by atoms with Crippen molar-refractivity contribution in [2.24, 2.45) is 0 Å². The van der Waals surface area contributed by atoms with Gasteiger partial charge in [0.2, 0.25) is 0 Å². The van der Waals surface area contributed by atoms with Crippen LogP contribution in [0.2, 0.25) is 0 Å². The first kappa shape index (κ1) is 14.1. The third-order valence-corrected chi connectivity index (χ3v) is 3.56. The molecule has 1 atom stereocenters. The van der Waals surface area contributed by atoms with Crippen LogP contribution in [0.15, 0.2) is 18.2 Å². The lowest BCUT2D eigenvalue weighted by molar-refractivity contribution is 0.101. The Labute approximate surface area is 115 Å². The number of hydrogen-bond acceptors (Lipinski definition) is 3. The topological polar surface area (TPSA) is 38.3 Å². The number of ketones is 1. The molecule has 0 aliphatic carbocycles. The van der Waals surface area contributed by atoms with Crippen LogP contribution in [0.3, 0.4) is 0 Å². The van der Waals surface area contributed by atoms with Crippen LogP contribution >= 0.6 is 0 Å². The third kappa shape index (κ3) is 3.80. The Balaban J connectivity index is 2.04. The highest BCUT2D eigenvalue weighted by atomic mass is 16.5. The minimum absolute atomic E-state index is 0.147. The van der Waals surface area contributed by atoms with E-state index in [1.807, 2.05) is 12.1 Å². The molecule has 19 heavy (non-hydrogen) atoms. The molecule has 1 fully saturated rings. The molecule has 3 nitrogen and oxygen atoms in total. The van der Waals surface area contributed by atoms with Crippen molar-refractivity contribution in [1.29, 1.82) is 0 Å². The summed E-state index contributed by atoms with van der Waals surface area (Å²) in [4.78, 5) is 11.6. The second-order valence-corrected chi connectivity index (χ2v) is 5.19. The summed E-state index contributed by atoms with van der Waals surface area (Å²) in [6.07, 6.45) is 4.64. The average molecular weight is 261 g/mol. The van der Waals surface area contributed by atoms with Gasteiger partial charge in [0.15, 0.2) is 5.78 Å². The van der Waals surface area contributed by atoms with Gasteiger partial charge in [-0.1, -0.05) is 13.3 Å². The molecule has 0 amide bonds. The number of hydrogen-bond donors (Lipinski definition) is 1. The van der Waals surface area contributed by atoms with Crippen molar-refractivity contribution < 1.29 is 9.53 Å². The molecule has 0 radical (unpaired) electrons. The van der Waals surface area contributed by atoms with Gasteiger partial charge in [0.25, 0.3) is 0 Å². The van der Waals surface area contributed by atoms with Gasteiger partial charge in [0, 0.05) is 24.4 Å². The fraction of sp³-hybridized carbons (Fsp3) is 0.562. The number of carbonyl (C=O) groups is 1. The number of carbonyl (C=O) groups excluding carboxylic acids is 1. The minimum atomic E-state index is 0.147. The van der Waals surface area contributed by atoms with Gasteiger partial charge in [-0.2, -0.15) is 0 Å². The number of benzene rings is 1. The molecule has 0 saturated carbocycles. The Morgan fingerprint density at radius 3 is 2.95 bits per heavy atom. The van der Waals surface area contributed by atoms with Crippen LogP contribution in [0.4, 0.5) is 5.69 Å². The third-order valence-electron chi connectivity index (χ3n) is 3.56. The molecule has 0 aromatic heterocycles. The quantitative estimate of drug-likeness (QED) is 0.797. The monoisotopic (exact) mass is 261 g/mol. The van der Waals surface area contributed by atoms with E-state index in [0.717, 1.165) is 55.6 Å². The predicted molar refractivity (Wildman–Crippen MR) is 77.9 cm³/mol. The summed E-state index contributed by atoms with van der Waals surface area (Å²) >= 11 is 0. The molecule has 1 aliphatic heterocycles. The lowest BCUT2D eigenvalue weighted by Crippen LogP contribution is -2.18. The van der Waals surface area contributed by atoms with E-state index in [1.165, 1.54) is 0 Å². The first-order valence-corrected chi connectivity index (χ1v) is 7.20. The molecular weight excluding hydrogens is 238 g/mol. The SMILES string of the molecule is CCCc1cc(NCC2CCCO2)ccc1C(C)=O. The number of Topliss-reactive ketones (excluding diaryl/α,β-unsaturated/α-hetero) is 1. The van der Waals surface area contributed by atoms with Gasteiger partial charge in [0.1, 0.15) is 0 Å². The van der Waals surface area contributed by atoms with Crippen LogP contribution in [-0.2, 0) is 11.2 Å². The lowest BCUT2D eigenvalue weighted by atomic mass is 9.99. The van der Waals surface area contributed by atoms with Crippen molar-refractivity contribution in [3.8, 4) is 0 Å². The van der Waals surface area contributed by atoms with E-state index in [0.29, 0.717) is 6.10 Å². The smallest absolute Gasteiger partial charge is 0.160 e. The highest BCUT2D eigenvalue weighted by Gasteiger charge is 2.15. The number of rotatable bonds is 6. The Hall–Kier alpha value is -1.35. The van der Waals surface area contributed by atoms with E-state index in [-0.39, 0.29) is 5.78 Å². The van der Waals surface area contributed by atoms with Gasteiger partial charge in [-0.05, 0) is 49.9 Å². The molecule has 1 unspecified atom stereocenters. The van der Waals surface area contributed by atoms with Crippen LogP contribution < -0.4 is 5.32 Å². The van der Waals surface area contributed by atoms with Crippen molar-refractivity contribution >= 4 is 11.5 Å². The number of anilines is 1. The normalized spacial score (nSPS) is 18.5. The zero-order valence-electron chi connectivity index (χ0n) is 11.9. The Morgan fingerprint density at radius 1 is 1.47 bits per heavy atom. The molecule has 3 heteroatoms. The zero-order valence-corrected chi connectivity index (χ0v) is 11.9. The highest BCUT2D eigenvalue weighted by Crippen LogP contribution is 2.19. The van der Waals surface area contributed by atoms with Gasteiger partial charge in [-0.15, -0.1) is 0 Å². The van der Waals surface area contributed by atoms with Crippen molar-refractivity contribution in [3.63, 3.8) is 0 Å². The zero-order chi connectivity index (χ0) is 13.7. The van der Waals surface area contributed by atoms with Crippen molar-refractivity contribution in [2.45, 2.75) is 45.6 Å². The van der Waals surface area contributed by atoms with Gasteiger partial charge < -0.3 is 10.1 Å². The van der Waals surface area contributed by atoms with Crippen LogP contribution in [-0.4, -0.2) is 25.0 Å². The molecule has 1 saturated heterocycles. The first-order valence-electron chi connectivity index (χ1n) is 7.20. The molecule has 2 rings (SSSR count). The minimum Gasteiger partial charge on any atom is -0.382 e. The summed E-state index contributed by atoms with van der Waals surface area (Å²) in [6.45, 7) is 5.51. The van der Waals surface area contributed by atoms with Crippen LogP contribution in [0.5, 0.6) is 0 Å². The molecule has 0 spiro atoms. The van der Waals surface area contributed by atoms with E-state index in [4.69, 9.17) is 4.74 Å². The number of ether oxygens (including phenoxy) is 1. The van der Waals surface area contributed by atoms with Gasteiger partial charge in [-0.3, -0.25) is 4.79 Å². The summed E-state index contributed by atoms with van der Waals surface area (Å²) < 4.78 is 5.60. The van der Waals surface area contributed by atoms with Crippen molar-refractivity contribution in [2.75, 3.05) is 18.5 Å². The fourth-order valence-corrected chi connectivity index (χ4v) is 2.56. The summed E-state index contributed by atoms with van der Waals surface area (Å²) in [6, 6.07) is 6.03. The van der Waals surface area contributed by atoms with Gasteiger partial charge in [0.05, 0.1) is 6.10 Å².